The SMILES string of the molecule is CN(C)C(=N)c1ccc(C(=O)Nc2ccc([N+](=O)[O-])cc2C(=O)Nc2ccc(Cl)cn2)cc1. The van der Waals surface area contributed by atoms with Crippen LogP contribution in [0.15, 0.2) is 60.8 Å². The maximum atomic E-state index is 12.8. The fraction of sp³-hybridized carbons (Fsp3) is 0.0909. The summed E-state index contributed by atoms with van der Waals surface area (Å²) in [5.41, 5.74) is 0.577. The lowest BCUT2D eigenvalue weighted by Gasteiger charge is -2.14. The Balaban J connectivity index is 1.86. The van der Waals surface area contributed by atoms with Crippen LogP contribution < -0.4 is 10.6 Å². The summed E-state index contributed by atoms with van der Waals surface area (Å²) in [5.74, 6) is -0.747. The zero-order valence-electron chi connectivity index (χ0n) is 17.6. The van der Waals surface area contributed by atoms with Crippen LogP contribution in [0.3, 0.4) is 0 Å². The summed E-state index contributed by atoms with van der Waals surface area (Å²) >= 11 is 5.79. The number of carbonyl (C=O) groups excluding carboxylic acids is 2. The van der Waals surface area contributed by atoms with Gasteiger partial charge >= 0.3 is 0 Å². The number of non-ortho nitro benzene ring substituents is 1. The molecule has 33 heavy (non-hydrogen) atoms. The van der Waals surface area contributed by atoms with Gasteiger partial charge in [-0.05, 0) is 30.3 Å². The standard InChI is InChI=1S/C22H19ClN6O4/c1-28(2)20(24)13-3-5-14(6-4-13)21(30)26-18-9-8-16(29(32)33)11-17(18)22(31)27-19-10-7-15(23)12-25-19/h3-12,24H,1-2H3,(H,26,30)(H,25,27,31). The summed E-state index contributed by atoms with van der Waals surface area (Å²) in [6, 6.07) is 12.9. The number of rotatable bonds is 6. The molecule has 1 aromatic heterocycles. The molecule has 0 bridgehead atoms. The predicted molar refractivity (Wildman–Crippen MR) is 125 cm³/mol. The number of amidine groups is 1. The summed E-state index contributed by atoms with van der Waals surface area (Å²) in [5, 5.41) is 24.7. The van der Waals surface area contributed by atoms with Crippen LogP contribution in [0, 0.1) is 15.5 Å². The number of halogens is 1. The monoisotopic (exact) mass is 466 g/mol. The van der Waals surface area contributed by atoms with Crippen LogP contribution in [0.4, 0.5) is 17.2 Å². The van der Waals surface area contributed by atoms with Gasteiger partial charge in [0, 0.05) is 43.6 Å². The predicted octanol–water partition coefficient (Wildman–Crippen LogP) is 4.03. The van der Waals surface area contributed by atoms with Crippen molar-refractivity contribution in [2.75, 3.05) is 24.7 Å². The number of aromatic nitrogens is 1. The minimum absolute atomic E-state index is 0.0853. The Morgan fingerprint density at radius 1 is 1.00 bits per heavy atom. The third kappa shape index (κ3) is 5.69. The molecule has 3 rings (SSSR count). The van der Waals surface area contributed by atoms with Crippen molar-refractivity contribution in [2.24, 2.45) is 0 Å². The number of anilines is 2. The molecule has 11 heteroatoms. The molecule has 0 saturated heterocycles. The van der Waals surface area contributed by atoms with Crippen molar-refractivity contribution in [3.8, 4) is 0 Å². The van der Waals surface area contributed by atoms with Gasteiger partial charge in [0.1, 0.15) is 11.7 Å². The fourth-order valence-corrected chi connectivity index (χ4v) is 2.92. The molecule has 3 N–H and O–H groups in total. The summed E-state index contributed by atoms with van der Waals surface area (Å²) in [6.07, 6.45) is 1.34. The molecule has 0 fully saturated rings. The van der Waals surface area contributed by atoms with Crippen LogP contribution in [-0.4, -0.2) is 46.6 Å². The van der Waals surface area contributed by atoms with Crippen molar-refractivity contribution in [1.29, 1.82) is 5.41 Å². The van der Waals surface area contributed by atoms with E-state index in [1.165, 1.54) is 30.5 Å². The lowest BCUT2D eigenvalue weighted by atomic mass is 10.1. The maximum Gasteiger partial charge on any atom is 0.270 e. The number of pyridine rings is 1. The van der Waals surface area contributed by atoms with Gasteiger partial charge in [-0.1, -0.05) is 23.7 Å². The van der Waals surface area contributed by atoms with Gasteiger partial charge in [-0.25, -0.2) is 4.98 Å². The molecule has 0 unspecified atom stereocenters. The Hall–Kier alpha value is -4.31. The second kappa shape index (κ2) is 9.88. The van der Waals surface area contributed by atoms with E-state index < -0.39 is 16.7 Å². The zero-order valence-corrected chi connectivity index (χ0v) is 18.4. The highest BCUT2D eigenvalue weighted by molar-refractivity contribution is 6.30. The Bertz CT molecular complexity index is 1230. The number of amides is 2. The molecule has 0 atom stereocenters. The second-order valence-corrected chi connectivity index (χ2v) is 7.51. The minimum atomic E-state index is -0.696. The highest BCUT2D eigenvalue weighted by atomic mass is 35.5. The van der Waals surface area contributed by atoms with Crippen LogP contribution in [0.5, 0.6) is 0 Å². The van der Waals surface area contributed by atoms with Crippen molar-refractivity contribution >= 4 is 46.4 Å². The van der Waals surface area contributed by atoms with Crippen molar-refractivity contribution in [1.82, 2.24) is 9.88 Å². The van der Waals surface area contributed by atoms with E-state index in [4.69, 9.17) is 17.0 Å². The van der Waals surface area contributed by atoms with Gasteiger partial charge in [-0.15, -0.1) is 0 Å². The molecule has 10 nitrogen and oxygen atoms in total. The van der Waals surface area contributed by atoms with Gasteiger partial charge in [0.05, 0.1) is 21.2 Å². The normalized spacial score (nSPS) is 10.3. The minimum Gasteiger partial charge on any atom is -0.363 e. The van der Waals surface area contributed by atoms with Crippen molar-refractivity contribution in [3.63, 3.8) is 0 Å². The van der Waals surface area contributed by atoms with Crippen molar-refractivity contribution in [3.05, 3.63) is 92.6 Å². The van der Waals surface area contributed by atoms with Crippen LogP contribution in [-0.2, 0) is 0 Å². The molecular weight excluding hydrogens is 448 g/mol. The molecule has 3 aromatic rings. The molecule has 0 aliphatic rings. The van der Waals surface area contributed by atoms with E-state index in [-0.39, 0.29) is 34.2 Å². The van der Waals surface area contributed by atoms with Crippen molar-refractivity contribution < 1.29 is 14.5 Å². The number of benzene rings is 2. The van der Waals surface area contributed by atoms with Gasteiger partial charge in [0.2, 0.25) is 0 Å². The van der Waals surface area contributed by atoms with Gasteiger partial charge in [-0.3, -0.25) is 25.1 Å². The third-order valence-corrected chi connectivity index (χ3v) is 4.77. The number of nitro benzene ring substituents is 1. The highest BCUT2D eigenvalue weighted by Gasteiger charge is 2.19. The number of nitrogens with one attached hydrogen (secondary N) is 3. The lowest BCUT2D eigenvalue weighted by molar-refractivity contribution is -0.384. The Kier molecular flexibility index (Phi) is 6.99. The summed E-state index contributed by atoms with van der Waals surface area (Å²) in [7, 11) is 3.48. The summed E-state index contributed by atoms with van der Waals surface area (Å²) in [6.45, 7) is 0. The summed E-state index contributed by atoms with van der Waals surface area (Å²) < 4.78 is 0. The van der Waals surface area contributed by atoms with Crippen LogP contribution in [0.2, 0.25) is 5.02 Å². The largest absolute Gasteiger partial charge is 0.363 e. The third-order valence-electron chi connectivity index (χ3n) is 4.54. The van der Waals surface area contributed by atoms with E-state index >= 15 is 0 Å². The second-order valence-electron chi connectivity index (χ2n) is 7.08. The first kappa shape index (κ1) is 23.4. The molecule has 0 spiro atoms. The number of nitro groups is 1. The van der Waals surface area contributed by atoms with E-state index in [9.17, 15) is 19.7 Å². The zero-order chi connectivity index (χ0) is 24.1. The fourth-order valence-electron chi connectivity index (χ4n) is 2.81. The molecule has 0 aliphatic heterocycles. The van der Waals surface area contributed by atoms with Crippen LogP contribution in [0.25, 0.3) is 0 Å². The summed E-state index contributed by atoms with van der Waals surface area (Å²) in [4.78, 5) is 41.7. The van der Waals surface area contributed by atoms with Gasteiger partial charge in [-0.2, -0.15) is 0 Å². The van der Waals surface area contributed by atoms with Gasteiger partial charge < -0.3 is 15.5 Å². The van der Waals surface area contributed by atoms with E-state index in [1.807, 2.05) is 0 Å². The Morgan fingerprint density at radius 2 is 1.67 bits per heavy atom. The average Bonchev–Trinajstić information content (AvgIpc) is 2.80. The number of carbonyl (C=O) groups is 2. The quantitative estimate of drug-likeness (QED) is 0.217. The molecular formula is C22H19ClN6O4. The van der Waals surface area contributed by atoms with Crippen LogP contribution in [0.1, 0.15) is 26.3 Å². The van der Waals surface area contributed by atoms with E-state index in [2.05, 4.69) is 15.6 Å². The molecule has 168 valence electrons. The smallest absolute Gasteiger partial charge is 0.270 e. The number of nitrogens with zero attached hydrogens (tertiary/aromatic N) is 3. The number of hydrogen-bond acceptors (Lipinski definition) is 6. The highest BCUT2D eigenvalue weighted by Crippen LogP contribution is 2.24. The first-order valence-corrected chi connectivity index (χ1v) is 9.92. The first-order valence-electron chi connectivity index (χ1n) is 9.54. The Labute approximate surface area is 193 Å². The van der Waals surface area contributed by atoms with E-state index in [1.54, 1.807) is 43.3 Å². The lowest BCUT2D eigenvalue weighted by Crippen LogP contribution is -2.22. The topological polar surface area (TPSA) is 141 Å². The van der Waals surface area contributed by atoms with Gasteiger partial charge in [0.25, 0.3) is 17.5 Å². The molecule has 1 heterocycles. The Morgan fingerprint density at radius 3 is 2.24 bits per heavy atom. The number of hydrogen-bond donors (Lipinski definition) is 3. The average molecular weight is 467 g/mol. The molecule has 2 aromatic carbocycles. The van der Waals surface area contributed by atoms with E-state index in [0.29, 0.717) is 10.6 Å². The van der Waals surface area contributed by atoms with E-state index in [0.717, 1.165) is 6.07 Å². The van der Waals surface area contributed by atoms with Crippen molar-refractivity contribution in [2.45, 2.75) is 0 Å². The maximum absolute atomic E-state index is 12.8. The van der Waals surface area contributed by atoms with Crippen LogP contribution >= 0.6 is 11.6 Å². The molecule has 0 radical (unpaired) electrons. The first-order chi connectivity index (χ1) is 15.7. The molecule has 0 aliphatic carbocycles. The molecule has 2 amide bonds. The van der Waals surface area contributed by atoms with Gasteiger partial charge in [0.15, 0.2) is 0 Å². The molecule has 0 saturated carbocycles.